The summed E-state index contributed by atoms with van der Waals surface area (Å²) in [6.07, 6.45) is 2.66. The summed E-state index contributed by atoms with van der Waals surface area (Å²) >= 11 is 3.33. The number of carbonyl (C=O) groups excluding carboxylic acids is 1. The number of aromatic nitrogens is 2. The highest BCUT2D eigenvalue weighted by molar-refractivity contribution is 9.10. The number of hydrogen-bond donors (Lipinski definition) is 1. The van der Waals surface area contributed by atoms with Gasteiger partial charge in [0, 0.05) is 24.0 Å². The Bertz CT molecular complexity index is 864. The molecule has 7 nitrogen and oxygen atoms in total. The molecule has 8 heteroatoms. The summed E-state index contributed by atoms with van der Waals surface area (Å²) in [5.74, 6) is -1.23. The predicted octanol–water partition coefficient (Wildman–Crippen LogP) is 1.62. The normalized spacial score (nSPS) is 17.4. The second-order valence-corrected chi connectivity index (χ2v) is 6.65. The van der Waals surface area contributed by atoms with Gasteiger partial charge in [0.2, 0.25) is 5.91 Å². The third-order valence-corrected chi connectivity index (χ3v) is 4.70. The van der Waals surface area contributed by atoms with Crippen molar-refractivity contribution in [1.29, 1.82) is 0 Å². The van der Waals surface area contributed by atoms with Crippen molar-refractivity contribution in [2.75, 3.05) is 6.54 Å². The molecule has 0 aliphatic carbocycles. The molecule has 1 aliphatic heterocycles. The van der Waals surface area contributed by atoms with Gasteiger partial charge in [0.15, 0.2) is 0 Å². The minimum atomic E-state index is -0.977. The van der Waals surface area contributed by atoms with Gasteiger partial charge >= 0.3 is 5.97 Å². The minimum Gasteiger partial charge on any atom is -0.480 e. The molecule has 0 bridgehead atoms. The van der Waals surface area contributed by atoms with Gasteiger partial charge in [0.1, 0.15) is 6.04 Å². The number of aryl methyl sites for hydroxylation is 1. The molecule has 0 radical (unpaired) electrons. The van der Waals surface area contributed by atoms with E-state index in [1.165, 1.54) is 15.8 Å². The average Bonchev–Trinajstić information content (AvgIpc) is 3.04. The van der Waals surface area contributed by atoms with Gasteiger partial charge in [-0.2, -0.15) is 0 Å². The monoisotopic (exact) mass is 393 g/mol. The van der Waals surface area contributed by atoms with E-state index in [1.54, 1.807) is 12.1 Å². The van der Waals surface area contributed by atoms with E-state index in [-0.39, 0.29) is 24.4 Å². The smallest absolute Gasteiger partial charge is 0.326 e. The SMILES string of the molecule is O=C(O)C1CCCN1C(=O)CCn1cnc2ccc(Br)cc2c1=O. The number of fused-ring (bicyclic) bond motifs is 1. The van der Waals surface area contributed by atoms with Crippen LogP contribution in [0.25, 0.3) is 10.9 Å². The van der Waals surface area contributed by atoms with Crippen LogP contribution in [0.1, 0.15) is 19.3 Å². The van der Waals surface area contributed by atoms with E-state index >= 15 is 0 Å². The number of likely N-dealkylation sites (tertiary alicyclic amines) is 1. The largest absolute Gasteiger partial charge is 0.480 e. The fourth-order valence-corrected chi connectivity index (χ4v) is 3.33. The fraction of sp³-hybridized carbons (Fsp3) is 0.375. The number of carboxylic acids is 1. The van der Waals surface area contributed by atoms with Crippen LogP contribution < -0.4 is 5.56 Å². The van der Waals surface area contributed by atoms with Gasteiger partial charge in [-0.25, -0.2) is 9.78 Å². The first kappa shape index (κ1) is 16.6. The summed E-state index contributed by atoms with van der Waals surface area (Å²) in [6, 6.07) is 4.50. The predicted molar refractivity (Wildman–Crippen MR) is 90.7 cm³/mol. The standard InChI is InChI=1S/C16H16BrN3O4/c17-10-3-4-12-11(8-10)15(22)19(9-18-12)7-5-14(21)20-6-1-2-13(20)16(23)24/h3-4,8-9,13H,1-2,5-7H2,(H,23,24). The Morgan fingerprint density at radius 3 is 2.92 bits per heavy atom. The maximum absolute atomic E-state index is 12.5. The zero-order valence-electron chi connectivity index (χ0n) is 12.8. The quantitative estimate of drug-likeness (QED) is 0.851. The lowest BCUT2D eigenvalue weighted by atomic mass is 10.2. The van der Waals surface area contributed by atoms with Gasteiger partial charge in [-0.05, 0) is 31.0 Å². The Labute approximate surface area is 146 Å². The zero-order chi connectivity index (χ0) is 17.3. The summed E-state index contributed by atoms with van der Waals surface area (Å²) in [5.41, 5.74) is 0.376. The second kappa shape index (κ2) is 6.72. The van der Waals surface area contributed by atoms with Crippen LogP contribution in [0.3, 0.4) is 0 Å². The van der Waals surface area contributed by atoms with Crippen molar-refractivity contribution in [3.63, 3.8) is 0 Å². The molecule has 1 aromatic heterocycles. The number of aliphatic carboxylic acids is 1. The first-order valence-electron chi connectivity index (χ1n) is 7.64. The molecule has 126 valence electrons. The van der Waals surface area contributed by atoms with E-state index in [4.69, 9.17) is 5.11 Å². The molecule has 2 aromatic rings. The molecule has 0 spiro atoms. The van der Waals surface area contributed by atoms with Crippen LogP contribution in [0.5, 0.6) is 0 Å². The van der Waals surface area contributed by atoms with Gasteiger partial charge in [0.05, 0.1) is 17.2 Å². The van der Waals surface area contributed by atoms with Crippen molar-refractivity contribution in [2.24, 2.45) is 0 Å². The first-order valence-corrected chi connectivity index (χ1v) is 8.43. The molecule has 2 heterocycles. The van der Waals surface area contributed by atoms with E-state index in [0.29, 0.717) is 30.3 Å². The molecule has 0 saturated carbocycles. The fourth-order valence-electron chi connectivity index (χ4n) is 2.97. The number of hydrogen-bond acceptors (Lipinski definition) is 4. The molecule has 3 rings (SSSR count). The van der Waals surface area contributed by atoms with E-state index in [9.17, 15) is 14.4 Å². The maximum atomic E-state index is 12.5. The molecule has 1 fully saturated rings. The molecule has 1 saturated heterocycles. The average molecular weight is 394 g/mol. The molecular formula is C16H16BrN3O4. The number of carboxylic acid groups (broad SMARTS) is 1. The molecule has 1 unspecified atom stereocenters. The third kappa shape index (κ3) is 3.19. The highest BCUT2D eigenvalue weighted by atomic mass is 79.9. The number of rotatable bonds is 4. The number of carbonyl (C=O) groups is 2. The Balaban J connectivity index is 1.76. The van der Waals surface area contributed by atoms with Crippen LogP contribution >= 0.6 is 15.9 Å². The van der Waals surface area contributed by atoms with Crippen molar-refractivity contribution < 1.29 is 14.7 Å². The highest BCUT2D eigenvalue weighted by Gasteiger charge is 2.33. The van der Waals surface area contributed by atoms with Crippen molar-refractivity contribution >= 4 is 38.7 Å². The van der Waals surface area contributed by atoms with E-state index in [0.717, 1.165) is 4.47 Å². The molecule has 1 aromatic carbocycles. The lowest BCUT2D eigenvalue weighted by molar-refractivity contribution is -0.148. The molecule has 1 amide bonds. The lowest BCUT2D eigenvalue weighted by Gasteiger charge is -2.21. The molecular weight excluding hydrogens is 378 g/mol. The van der Waals surface area contributed by atoms with Gasteiger partial charge < -0.3 is 10.0 Å². The summed E-state index contributed by atoms with van der Waals surface area (Å²) in [5, 5.41) is 9.62. The zero-order valence-corrected chi connectivity index (χ0v) is 14.4. The highest BCUT2D eigenvalue weighted by Crippen LogP contribution is 2.19. The van der Waals surface area contributed by atoms with Gasteiger partial charge in [-0.15, -0.1) is 0 Å². The molecule has 1 N–H and O–H groups in total. The Hall–Kier alpha value is -2.22. The summed E-state index contributed by atoms with van der Waals surface area (Å²) in [7, 11) is 0. The Morgan fingerprint density at radius 2 is 2.17 bits per heavy atom. The first-order chi connectivity index (χ1) is 11.5. The topological polar surface area (TPSA) is 92.5 Å². The van der Waals surface area contributed by atoms with Crippen molar-refractivity contribution in [2.45, 2.75) is 31.8 Å². The van der Waals surface area contributed by atoms with Crippen LogP contribution in [0.4, 0.5) is 0 Å². The number of nitrogens with zero attached hydrogens (tertiary/aromatic N) is 3. The Morgan fingerprint density at radius 1 is 1.38 bits per heavy atom. The van der Waals surface area contributed by atoms with Crippen LogP contribution in [0.2, 0.25) is 0 Å². The summed E-state index contributed by atoms with van der Waals surface area (Å²) < 4.78 is 2.17. The van der Waals surface area contributed by atoms with Crippen LogP contribution in [0.15, 0.2) is 33.8 Å². The molecule has 1 aliphatic rings. The van der Waals surface area contributed by atoms with Gasteiger partial charge in [-0.1, -0.05) is 15.9 Å². The number of benzene rings is 1. The maximum Gasteiger partial charge on any atom is 0.326 e. The van der Waals surface area contributed by atoms with E-state index < -0.39 is 12.0 Å². The third-order valence-electron chi connectivity index (χ3n) is 4.21. The van der Waals surface area contributed by atoms with Crippen LogP contribution in [-0.4, -0.2) is 44.0 Å². The van der Waals surface area contributed by atoms with Crippen LogP contribution in [-0.2, 0) is 16.1 Å². The summed E-state index contributed by atoms with van der Waals surface area (Å²) in [6.45, 7) is 0.629. The van der Waals surface area contributed by atoms with Crippen molar-refractivity contribution in [1.82, 2.24) is 14.5 Å². The van der Waals surface area contributed by atoms with Crippen molar-refractivity contribution in [3.05, 3.63) is 39.4 Å². The van der Waals surface area contributed by atoms with E-state index in [1.807, 2.05) is 6.07 Å². The van der Waals surface area contributed by atoms with E-state index in [2.05, 4.69) is 20.9 Å². The lowest BCUT2D eigenvalue weighted by Crippen LogP contribution is -2.41. The number of amides is 1. The van der Waals surface area contributed by atoms with Gasteiger partial charge in [-0.3, -0.25) is 14.2 Å². The summed E-state index contributed by atoms with van der Waals surface area (Å²) in [4.78, 5) is 41.5. The van der Waals surface area contributed by atoms with Crippen molar-refractivity contribution in [3.8, 4) is 0 Å². The van der Waals surface area contributed by atoms with Crippen LogP contribution in [0, 0.1) is 0 Å². The minimum absolute atomic E-state index is 0.0743. The molecule has 1 atom stereocenters. The number of halogens is 1. The molecule has 24 heavy (non-hydrogen) atoms. The second-order valence-electron chi connectivity index (χ2n) is 5.74. The Kier molecular flexibility index (Phi) is 4.66. The van der Waals surface area contributed by atoms with Gasteiger partial charge in [0.25, 0.3) is 5.56 Å².